The van der Waals surface area contributed by atoms with Crippen LogP contribution in [0.25, 0.3) is 43.6 Å². The van der Waals surface area contributed by atoms with Crippen molar-refractivity contribution in [2.24, 2.45) is 19.0 Å². The van der Waals surface area contributed by atoms with E-state index in [1.165, 1.54) is 22.3 Å². The Hall–Kier alpha value is -6.82. The summed E-state index contributed by atoms with van der Waals surface area (Å²) in [5.41, 5.74) is 16.9. The number of hydrogen-bond donors (Lipinski definition) is 2. The largest absolute Gasteiger partial charge is 0.353 e. The van der Waals surface area contributed by atoms with E-state index < -0.39 is 30.0 Å². The summed E-state index contributed by atoms with van der Waals surface area (Å²) in [5, 5.41) is 8.27. The summed E-state index contributed by atoms with van der Waals surface area (Å²) in [5.74, 6) is 1.80. The minimum absolute atomic E-state index is 0.451. The first-order valence-electron chi connectivity index (χ1n) is 33.5. The summed E-state index contributed by atoms with van der Waals surface area (Å²) in [7, 11) is -11.2. The summed E-state index contributed by atoms with van der Waals surface area (Å²) in [6.07, 6.45) is 0. The molecule has 14 nitrogen and oxygen atoms in total. The van der Waals surface area contributed by atoms with Crippen molar-refractivity contribution in [1.29, 1.82) is 0 Å². The molecule has 0 unspecified atom stereocenters. The minimum atomic E-state index is -2.81. The Balaban J connectivity index is 0.000000159. The van der Waals surface area contributed by atoms with Gasteiger partial charge in [0, 0.05) is 21.5 Å². The third-order valence-corrected chi connectivity index (χ3v) is 27.8. The third kappa shape index (κ3) is 14.0. The van der Waals surface area contributed by atoms with Crippen LogP contribution in [0.1, 0.15) is 124 Å². The Morgan fingerprint density at radius 2 is 0.448 bits per heavy atom. The molecule has 2 N–H and O–H groups in total. The van der Waals surface area contributed by atoms with Gasteiger partial charge in [0.25, 0.3) is 30.0 Å². The SMILES string of the molecule is Cc1cc(P2(=Nc3ccc(C(C)C)cc3)OCCO2)c2[nH]c3c(P4(=Nc5ccc(C(C)C)cc5)OCCO4)cc(C)cc3c2c1.Cc1cc(P2(=Nc3ccc(C(C)C)cc3)OCCO2)c2[nH]c3c(P4(=Nc5ccc(C(C)C)cc5)OCCO4)cc(C)cc3c2c1.c1ccccc1. The van der Waals surface area contributed by atoms with Gasteiger partial charge in [-0.3, -0.25) is 0 Å². The van der Waals surface area contributed by atoms with Gasteiger partial charge in [-0.25, -0.2) is 19.0 Å². The average Bonchev–Trinajstić information content (AvgIpc) is 1.56. The molecule has 18 heteroatoms. The van der Waals surface area contributed by atoms with E-state index in [-0.39, 0.29) is 0 Å². The van der Waals surface area contributed by atoms with Crippen molar-refractivity contribution in [3.8, 4) is 0 Å². The lowest BCUT2D eigenvalue weighted by atomic mass is 10.0. The molecule has 0 amide bonds. The fraction of sp³-hybridized carbons (Fsp3) is 0.308. The molecule has 0 radical (unpaired) electrons. The summed E-state index contributed by atoms with van der Waals surface area (Å²) >= 11 is 0. The lowest BCUT2D eigenvalue weighted by Crippen LogP contribution is -2.09. The van der Waals surface area contributed by atoms with Crippen LogP contribution in [0.2, 0.25) is 0 Å². The number of benzene rings is 9. The van der Waals surface area contributed by atoms with Crippen LogP contribution in [-0.4, -0.2) is 62.8 Å². The zero-order valence-corrected chi connectivity index (χ0v) is 60.7. The van der Waals surface area contributed by atoms with Gasteiger partial charge < -0.3 is 46.2 Å². The molecule has 4 aliphatic heterocycles. The van der Waals surface area contributed by atoms with Gasteiger partial charge in [-0.15, -0.1) is 0 Å². The molecule has 15 rings (SSSR count). The summed E-state index contributed by atoms with van der Waals surface area (Å²) in [6, 6.07) is 63.3. The predicted molar refractivity (Wildman–Crippen MR) is 401 cm³/mol. The van der Waals surface area contributed by atoms with Gasteiger partial charge in [-0.05, 0) is 193 Å². The van der Waals surface area contributed by atoms with Gasteiger partial charge in [-0.2, -0.15) is 0 Å². The molecule has 0 saturated carbocycles. The van der Waals surface area contributed by atoms with Crippen molar-refractivity contribution in [2.75, 3.05) is 52.9 Å². The Labute approximate surface area is 565 Å². The molecule has 4 saturated heterocycles. The molecule has 0 aliphatic carbocycles. The quantitative estimate of drug-likeness (QED) is 0.115. The Morgan fingerprint density at radius 3 is 0.615 bits per heavy atom. The van der Waals surface area contributed by atoms with E-state index in [1.807, 2.05) is 36.4 Å². The normalized spacial score (nSPS) is 17.0. The highest BCUT2D eigenvalue weighted by molar-refractivity contribution is 7.66. The van der Waals surface area contributed by atoms with Crippen LogP contribution < -0.4 is 21.2 Å². The average molecular weight is 1360 g/mol. The fourth-order valence-corrected chi connectivity index (χ4v) is 22.7. The number of aromatic nitrogens is 2. The summed E-state index contributed by atoms with van der Waals surface area (Å²) < 4.78 is 72.8. The van der Waals surface area contributed by atoms with E-state index in [0.717, 1.165) is 110 Å². The predicted octanol–water partition coefficient (Wildman–Crippen LogP) is 22.2. The molecule has 96 heavy (non-hydrogen) atoms. The molecule has 498 valence electrons. The van der Waals surface area contributed by atoms with E-state index >= 15 is 0 Å². The maximum absolute atomic E-state index is 6.49. The highest BCUT2D eigenvalue weighted by Crippen LogP contribution is 2.62. The Morgan fingerprint density at radius 1 is 0.271 bits per heavy atom. The number of fused-ring (bicyclic) bond motifs is 6. The molecule has 9 aromatic carbocycles. The molecule has 11 aromatic rings. The number of H-pyrrole nitrogens is 2. The summed E-state index contributed by atoms with van der Waals surface area (Å²) in [4.78, 5) is 7.62. The Kier molecular flexibility index (Phi) is 20.2. The second-order valence-corrected chi connectivity index (χ2v) is 35.3. The lowest BCUT2D eigenvalue weighted by Gasteiger charge is -2.19. The molecule has 6 heterocycles. The molecule has 2 aromatic heterocycles. The third-order valence-electron chi connectivity index (χ3n) is 17.7. The molecule has 0 atom stereocenters. The monoisotopic (exact) mass is 1360 g/mol. The zero-order valence-electron chi connectivity index (χ0n) is 57.1. The van der Waals surface area contributed by atoms with E-state index in [1.54, 1.807) is 0 Å². The first kappa shape index (κ1) is 67.7. The first-order chi connectivity index (χ1) is 46.3. The fourth-order valence-electron chi connectivity index (χ4n) is 12.7. The number of hydrogen-bond acceptors (Lipinski definition) is 12. The maximum atomic E-state index is 6.49. The number of aryl methyl sites for hydroxylation is 4. The highest BCUT2D eigenvalue weighted by Gasteiger charge is 2.39. The van der Waals surface area contributed by atoms with Gasteiger partial charge in [-0.1, -0.05) is 140 Å². The zero-order chi connectivity index (χ0) is 66.9. The highest BCUT2D eigenvalue weighted by atomic mass is 31.2. The van der Waals surface area contributed by atoms with Gasteiger partial charge in [0.2, 0.25) is 0 Å². The van der Waals surface area contributed by atoms with Crippen molar-refractivity contribution in [3.05, 3.63) is 226 Å². The number of aromatic amines is 2. The van der Waals surface area contributed by atoms with Gasteiger partial charge in [0.15, 0.2) is 0 Å². The van der Waals surface area contributed by atoms with Crippen LogP contribution in [0.3, 0.4) is 0 Å². The van der Waals surface area contributed by atoms with E-state index in [4.69, 9.17) is 55.2 Å². The second kappa shape index (κ2) is 28.6. The van der Waals surface area contributed by atoms with Crippen LogP contribution in [0.15, 0.2) is 201 Å². The number of rotatable bonds is 12. The minimum Gasteiger partial charge on any atom is -0.353 e. The molecule has 0 bridgehead atoms. The topological polar surface area (TPSA) is 155 Å². The molecule has 4 aliphatic rings. The van der Waals surface area contributed by atoms with Gasteiger partial charge >= 0.3 is 0 Å². The first-order valence-corrected chi connectivity index (χ1v) is 39.8. The molecular formula is C78H88N6O8P4. The van der Waals surface area contributed by atoms with Crippen LogP contribution in [0, 0.1) is 27.7 Å². The summed E-state index contributed by atoms with van der Waals surface area (Å²) in [6.45, 7) is 30.1. The van der Waals surface area contributed by atoms with Crippen LogP contribution in [-0.2, 0) is 36.2 Å². The molecule has 4 fully saturated rings. The van der Waals surface area contributed by atoms with Gasteiger partial charge in [0.1, 0.15) is 0 Å². The van der Waals surface area contributed by atoms with Crippen molar-refractivity contribution in [1.82, 2.24) is 9.97 Å². The Bertz CT molecular complexity index is 4240. The van der Waals surface area contributed by atoms with E-state index in [0.29, 0.717) is 76.5 Å². The standard InChI is InChI=1S/2C36H41N3O4P2.C6H6/c2*1-23(2)27-7-11-29(12-8-27)38-44(40-15-16-41-44)33-21-25(5)19-31-32-20-26(6)22-34(36(32)37-35(31)33)45(42-17-18-43-45)39-30-13-9-28(10-14-30)24(3)4;1-2-4-6-5-3-1/h2*7-14,19-24,37H,15-18H2,1-6H3;1-6H. The van der Waals surface area contributed by atoms with Crippen molar-refractivity contribution < 1.29 is 36.2 Å². The molecule has 0 spiro atoms. The number of nitrogens with zero attached hydrogens (tertiary/aromatic N) is 4. The van der Waals surface area contributed by atoms with Crippen molar-refractivity contribution in [3.63, 3.8) is 0 Å². The molecular weight excluding hydrogens is 1270 g/mol. The van der Waals surface area contributed by atoms with Crippen LogP contribution in [0.5, 0.6) is 0 Å². The maximum Gasteiger partial charge on any atom is 0.251 e. The van der Waals surface area contributed by atoms with Crippen molar-refractivity contribution in [2.45, 2.75) is 107 Å². The van der Waals surface area contributed by atoms with Crippen molar-refractivity contribution >= 4 is 118 Å². The van der Waals surface area contributed by atoms with E-state index in [9.17, 15) is 0 Å². The van der Waals surface area contributed by atoms with E-state index in [2.05, 4.69) is 239 Å². The van der Waals surface area contributed by atoms with Crippen LogP contribution >= 0.6 is 30.0 Å². The lowest BCUT2D eigenvalue weighted by molar-refractivity contribution is 0.365. The smallest absolute Gasteiger partial charge is 0.251 e. The van der Waals surface area contributed by atoms with Gasteiger partial charge in [0.05, 0.1) is 119 Å². The number of nitrogens with one attached hydrogen (secondary N) is 2. The van der Waals surface area contributed by atoms with Crippen LogP contribution in [0.4, 0.5) is 22.7 Å². The second-order valence-electron chi connectivity index (χ2n) is 26.4.